The smallest absolute Gasteiger partial charge is 0.254 e. The van der Waals surface area contributed by atoms with Crippen molar-refractivity contribution in [2.75, 3.05) is 18.0 Å². The van der Waals surface area contributed by atoms with Gasteiger partial charge in [-0.15, -0.1) is 0 Å². The first-order chi connectivity index (χ1) is 12.9. The zero-order valence-electron chi connectivity index (χ0n) is 15.0. The molecule has 0 fully saturated rings. The molecular weight excluding hydrogens is 369 g/mol. The van der Waals surface area contributed by atoms with Crippen LogP contribution in [0, 0.1) is 5.82 Å². The molecule has 0 aliphatic heterocycles. The van der Waals surface area contributed by atoms with Gasteiger partial charge in [0.15, 0.2) is 0 Å². The van der Waals surface area contributed by atoms with Gasteiger partial charge in [0.1, 0.15) is 17.0 Å². The quantitative estimate of drug-likeness (QED) is 0.705. The summed E-state index contributed by atoms with van der Waals surface area (Å²) in [4.78, 5) is 18.3. The number of anilines is 1. The standard InChI is InChI=1S/C20H19ClFN3O2/c1-3-25(4-2)14-7-5-12-9-15(19(23)26)20(27-18(12)11-14)24-13-6-8-17(22)16(21)10-13/h5-11H,3-4H2,1-2H3,(H2,23,26). The predicted octanol–water partition coefficient (Wildman–Crippen LogP) is 4.40. The minimum atomic E-state index is -0.666. The molecule has 140 valence electrons. The highest BCUT2D eigenvalue weighted by atomic mass is 35.5. The average molecular weight is 388 g/mol. The summed E-state index contributed by atoms with van der Waals surface area (Å²) in [5.74, 6) is -1.22. The summed E-state index contributed by atoms with van der Waals surface area (Å²) in [5.41, 5.74) is 7.59. The molecule has 0 aliphatic carbocycles. The molecule has 1 amide bonds. The molecule has 0 aliphatic rings. The van der Waals surface area contributed by atoms with Crippen molar-refractivity contribution in [1.82, 2.24) is 0 Å². The van der Waals surface area contributed by atoms with Gasteiger partial charge in [0.25, 0.3) is 5.91 Å². The van der Waals surface area contributed by atoms with Crippen molar-refractivity contribution >= 4 is 39.9 Å². The lowest BCUT2D eigenvalue weighted by Gasteiger charge is -2.21. The molecular formula is C20H19ClFN3O2. The molecule has 3 rings (SSSR count). The second-order valence-electron chi connectivity index (χ2n) is 5.93. The number of rotatable bonds is 5. The number of carbonyl (C=O) groups excluding carboxylic acids is 1. The van der Waals surface area contributed by atoms with E-state index >= 15 is 0 Å². The van der Waals surface area contributed by atoms with Crippen molar-refractivity contribution in [2.24, 2.45) is 10.7 Å². The molecule has 0 saturated carbocycles. The molecule has 0 spiro atoms. The number of nitrogens with zero attached hydrogens (tertiary/aromatic N) is 2. The molecule has 0 atom stereocenters. The van der Waals surface area contributed by atoms with Crippen molar-refractivity contribution in [3.63, 3.8) is 0 Å². The van der Waals surface area contributed by atoms with Crippen molar-refractivity contribution in [3.8, 4) is 0 Å². The van der Waals surface area contributed by atoms with Gasteiger partial charge in [0.05, 0.1) is 10.7 Å². The Morgan fingerprint density at radius 3 is 2.56 bits per heavy atom. The van der Waals surface area contributed by atoms with Crippen LogP contribution >= 0.6 is 11.6 Å². The van der Waals surface area contributed by atoms with Crippen LogP contribution in [-0.2, 0) is 0 Å². The summed E-state index contributed by atoms with van der Waals surface area (Å²) in [7, 11) is 0. The lowest BCUT2D eigenvalue weighted by molar-refractivity contribution is 0.0996. The van der Waals surface area contributed by atoms with E-state index in [9.17, 15) is 9.18 Å². The van der Waals surface area contributed by atoms with Crippen LogP contribution in [-0.4, -0.2) is 19.0 Å². The highest BCUT2D eigenvalue weighted by Gasteiger charge is 2.11. The number of fused-ring (bicyclic) bond motifs is 1. The molecule has 1 heterocycles. The Bertz CT molecular complexity index is 1070. The summed E-state index contributed by atoms with van der Waals surface area (Å²) >= 11 is 5.80. The number of amides is 1. The van der Waals surface area contributed by atoms with Gasteiger partial charge in [-0.05, 0) is 50.2 Å². The van der Waals surface area contributed by atoms with Gasteiger partial charge in [-0.1, -0.05) is 11.6 Å². The third-order valence-corrected chi connectivity index (χ3v) is 4.55. The summed E-state index contributed by atoms with van der Waals surface area (Å²) in [5, 5.41) is 0.664. The molecule has 0 saturated heterocycles. The van der Waals surface area contributed by atoms with Crippen molar-refractivity contribution in [1.29, 1.82) is 0 Å². The normalized spacial score (nSPS) is 11.8. The van der Waals surface area contributed by atoms with Crippen LogP contribution in [0.4, 0.5) is 15.8 Å². The van der Waals surface area contributed by atoms with Gasteiger partial charge < -0.3 is 15.1 Å². The fraction of sp³-hybridized carbons (Fsp3) is 0.200. The maximum atomic E-state index is 13.4. The lowest BCUT2D eigenvalue weighted by atomic mass is 10.1. The topological polar surface area (TPSA) is 71.8 Å². The van der Waals surface area contributed by atoms with Crippen LogP contribution < -0.4 is 16.2 Å². The number of benzene rings is 2. The predicted molar refractivity (Wildman–Crippen MR) is 105 cm³/mol. The first-order valence-electron chi connectivity index (χ1n) is 8.55. The first kappa shape index (κ1) is 18.9. The Kier molecular flexibility index (Phi) is 5.46. The van der Waals surface area contributed by atoms with Crippen LogP contribution in [0.3, 0.4) is 0 Å². The van der Waals surface area contributed by atoms with Gasteiger partial charge in [-0.25, -0.2) is 9.38 Å². The number of hydrogen-bond donors (Lipinski definition) is 1. The van der Waals surface area contributed by atoms with Crippen LogP contribution in [0.15, 0.2) is 51.9 Å². The molecule has 1 aromatic heterocycles. The number of halogens is 2. The molecule has 0 bridgehead atoms. The number of hydrogen-bond acceptors (Lipinski definition) is 4. The zero-order valence-corrected chi connectivity index (χ0v) is 15.8. The Balaban J connectivity index is 2.22. The van der Waals surface area contributed by atoms with Gasteiger partial charge in [-0.3, -0.25) is 4.79 Å². The summed E-state index contributed by atoms with van der Waals surface area (Å²) in [6, 6.07) is 11.4. The molecule has 5 nitrogen and oxygen atoms in total. The van der Waals surface area contributed by atoms with Crippen molar-refractivity contribution in [2.45, 2.75) is 13.8 Å². The average Bonchev–Trinajstić information content (AvgIpc) is 2.65. The summed E-state index contributed by atoms with van der Waals surface area (Å²) < 4.78 is 19.2. The first-order valence-corrected chi connectivity index (χ1v) is 8.93. The fourth-order valence-electron chi connectivity index (χ4n) is 2.82. The maximum absolute atomic E-state index is 13.4. The summed E-state index contributed by atoms with van der Waals surface area (Å²) in [6.45, 7) is 5.85. The number of nitrogens with two attached hydrogens (primary N) is 1. The zero-order chi connectivity index (χ0) is 19.6. The Hall–Kier alpha value is -2.86. The van der Waals surface area contributed by atoms with E-state index in [1.807, 2.05) is 18.2 Å². The van der Waals surface area contributed by atoms with Gasteiger partial charge in [-0.2, -0.15) is 0 Å². The minimum absolute atomic E-state index is 0.0503. The molecule has 3 aromatic rings. The van der Waals surface area contributed by atoms with Crippen LogP contribution in [0.2, 0.25) is 5.02 Å². The highest BCUT2D eigenvalue weighted by molar-refractivity contribution is 6.31. The maximum Gasteiger partial charge on any atom is 0.254 e. The SMILES string of the molecule is CCN(CC)c1ccc2cc(C(N)=O)c(=Nc3ccc(F)c(Cl)c3)oc2c1. The van der Waals surface area contributed by atoms with Gasteiger partial charge in [0.2, 0.25) is 5.55 Å². The largest absolute Gasteiger partial charge is 0.437 e. The van der Waals surface area contributed by atoms with Gasteiger partial charge >= 0.3 is 0 Å². The third-order valence-electron chi connectivity index (χ3n) is 4.26. The van der Waals surface area contributed by atoms with E-state index in [1.165, 1.54) is 18.2 Å². The van der Waals surface area contributed by atoms with E-state index in [1.54, 1.807) is 6.07 Å². The van der Waals surface area contributed by atoms with Crippen LogP contribution in [0.5, 0.6) is 0 Å². The fourth-order valence-corrected chi connectivity index (χ4v) is 3.00. The Morgan fingerprint density at radius 1 is 1.19 bits per heavy atom. The molecule has 2 aromatic carbocycles. The van der Waals surface area contributed by atoms with E-state index < -0.39 is 11.7 Å². The van der Waals surface area contributed by atoms with E-state index in [0.717, 1.165) is 24.2 Å². The van der Waals surface area contributed by atoms with E-state index in [2.05, 4.69) is 23.7 Å². The highest BCUT2D eigenvalue weighted by Crippen LogP contribution is 2.24. The second kappa shape index (κ2) is 7.80. The molecule has 0 unspecified atom stereocenters. The Morgan fingerprint density at radius 2 is 1.93 bits per heavy atom. The van der Waals surface area contributed by atoms with Crippen molar-refractivity contribution in [3.05, 3.63) is 64.4 Å². The molecule has 2 N–H and O–H groups in total. The number of carbonyl (C=O) groups is 1. The summed E-state index contributed by atoms with van der Waals surface area (Å²) in [6.07, 6.45) is 0. The minimum Gasteiger partial charge on any atom is -0.437 e. The van der Waals surface area contributed by atoms with Crippen LogP contribution in [0.1, 0.15) is 24.2 Å². The van der Waals surface area contributed by atoms with Crippen molar-refractivity contribution < 1.29 is 13.6 Å². The second-order valence-corrected chi connectivity index (χ2v) is 6.34. The van der Waals surface area contributed by atoms with E-state index in [4.69, 9.17) is 21.8 Å². The Labute approximate surface area is 160 Å². The van der Waals surface area contributed by atoms with E-state index in [-0.39, 0.29) is 16.1 Å². The lowest BCUT2D eigenvalue weighted by Crippen LogP contribution is -2.22. The van der Waals surface area contributed by atoms with Gasteiger partial charge in [0, 0.05) is 30.2 Å². The third kappa shape index (κ3) is 3.95. The number of primary amides is 1. The van der Waals surface area contributed by atoms with E-state index in [0.29, 0.717) is 11.3 Å². The monoisotopic (exact) mass is 387 g/mol. The molecule has 7 heteroatoms. The van der Waals surface area contributed by atoms with Crippen LogP contribution in [0.25, 0.3) is 11.0 Å². The molecule has 0 radical (unpaired) electrons. The molecule has 27 heavy (non-hydrogen) atoms.